The van der Waals surface area contributed by atoms with Crippen molar-refractivity contribution in [3.05, 3.63) is 75.2 Å². The van der Waals surface area contributed by atoms with Crippen molar-refractivity contribution in [2.24, 2.45) is 0 Å². The van der Waals surface area contributed by atoms with Crippen LogP contribution in [0.5, 0.6) is 5.75 Å². The van der Waals surface area contributed by atoms with E-state index in [4.69, 9.17) is 16.3 Å². The van der Waals surface area contributed by atoms with Crippen LogP contribution in [0.1, 0.15) is 100 Å². The molecule has 212 valence electrons. The third kappa shape index (κ3) is 11.7. The molecule has 0 fully saturated rings. The number of carbonyl (C=O) groups excluding carboxylic acids is 1. The Kier molecular flexibility index (Phi) is 14.4. The zero-order valence-corrected chi connectivity index (χ0v) is 25.4. The summed E-state index contributed by atoms with van der Waals surface area (Å²) in [6.07, 6.45) is 18.2. The predicted octanol–water partition coefficient (Wildman–Crippen LogP) is 9.31. The number of hydrogen-bond acceptors (Lipinski definition) is 3. The lowest BCUT2D eigenvalue weighted by atomic mass is 10.1. The van der Waals surface area contributed by atoms with Gasteiger partial charge in [-0.15, -0.1) is 0 Å². The Balaban J connectivity index is 1.33. The molecule has 0 spiro atoms. The summed E-state index contributed by atoms with van der Waals surface area (Å²) >= 11 is 8.20. The van der Waals surface area contributed by atoms with Crippen LogP contribution in [-0.4, -0.2) is 12.5 Å². The highest BCUT2D eigenvalue weighted by Crippen LogP contribution is 2.26. The van der Waals surface area contributed by atoms with Crippen molar-refractivity contribution in [2.75, 3.05) is 11.9 Å². The average molecular weight is 570 g/mol. The van der Waals surface area contributed by atoms with E-state index in [9.17, 15) is 4.79 Å². The summed E-state index contributed by atoms with van der Waals surface area (Å²) in [5, 5.41) is 6.95. The lowest BCUT2D eigenvalue weighted by Crippen LogP contribution is -2.34. The van der Waals surface area contributed by atoms with E-state index in [0.717, 1.165) is 29.8 Å². The quantitative estimate of drug-likeness (QED) is 0.115. The van der Waals surface area contributed by atoms with Crippen LogP contribution in [-0.2, 0) is 17.8 Å². The number of halogens is 1. The van der Waals surface area contributed by atoms with Crippen LogP contribution >= 0.6 is 22.9 Å². The van der Waals surface area contributed by atoms with Gasteiger partial charge >= 0.3 is 0 Å². The van der Waals surface area contributed by atoms with Gasteiger partial charge < -0.3 is 10.1 Å². The minimum atomic E-state index is -0.0595. The fourth-order valence-corrected chi connectivity index (χ4v) is 5.70. The second-order valence-corrected chi connectivity index (χ2v) is 11.9. The SMILES string of the molecule is CCCCCCCCCCCCCCOc1ccc(CC(=O)Nc2ccccc2C[n+]2ccsc2C)cc1Cl. The van der Waals surface area contributed by atoms with Crippen molar-refractivity contribution in [3.63, 3.8) is 0 Å². The Hall–Kier alpha value is -2.37. The van der Waals surface area contributed by atoms with Gasteiger partial charge in [0.2, 0.25) is 10.9 Å². The molecule has 0 bridgehead atoms. The standard InChI is InChI=1S/C33H45ClN2O2S/c1-3-4-5-6-7-8-9-10-11-12-13-16-22-38-32-20-19-28(24-30(32)34)25-33(37)35-31-18-15-14-17-29(31)26-36-21-23-39-27(36)2/h14-15,17-21,23-24H,3-13,16,22,25-26H2,1-2H3/p+1. The number of amides is 1. The molecule has 3 aromatic rings. The first-order valence-corrected chi connectivity index (χ1v) is 16.0. The van der Waals surface area contributed by atoms with Crippen molar-refractivity contribution < 1.29 is 14.1 Å². The summed E-state index contributed by atoms with van der Waals surface area (Å²) in [5.41, 5.74) is 2.79. The average Bonchev–Trinajstić information content (AvgIpc) is 3.33. The smallest absolute Gasteiger partial charge is 0.234 e. The molecule has 3 rings (SSSR count). The number of hydrogen-bond donors (Lipinski definition) is 1. The zero-order chi connectivity index (χ0) is 27.7. The number of carbonyl (C=O) groups is 1. The Morgan fingerprint density at radius 1 is 0.923 bits per heavy atom. The Morgan fingerprint density at radius 2 is 1.59 bits per heavy atom. The highest BCUT2D eigenvalue weighted by Gasteiger charge is 2.14. The summed E-state index contributed by atoms with van der Waals surface area (Å²) < 4.78 is 8.11. The highest BCUT2D eigenvalue weighted by molar-refractivity contribution is 7.09. The first-order valence-electron chi connectivity index (χ1n) is 14.8. The molecule has 0 saturated heterocycles. The van der Waals surface area contributed by atoms with Crippen LogP contribution in [0.15, 0.2) is 54.0 Å². The number of ether oxygens (including phenoxy) is 1. The first kappa shape index (κ1) is 31.2. The lowest BCUT2D eigenvalue weighted by Gasteiger charge is -2.11. The molecule has 1 aromatic heterocycles. The molecule has 6 heteroatoms. The number of rotatable bonds is 19. The van der Waals surface area contributed by atoms with E-state index in [1.165, 1.54) is 75.6 Å². The normalized spacial score (nSPS) is 11.1. The predicted molar refractivity (Wildman–Crippen MR) is 165 cm³/mol. The van der Waals surface area contributed by atoms with Crippen molar-refractivity contribution >= 4 is 34.5 Å². The molecular weight excluding hydrogens is 524 g/mol. The molecule has 0 atom stereocenters. The molecule has 0 aliphatic carbocycles. The number of thiazole rings is 1. The number of unbranched alkanes of at least 4 members (excludes halogenated alkanes) is 11. The molecule has 0 aliphatic rings. The third-order valence-electron chi connectivity index (χ3n) is 7.13. The molecule has 1 N–H and O–H groups in total. The Morgan fingerprint density at radius 3 is 2.23 bits per heavy atom. The maximum absolute atomic E-state index is 12.8. The largest absolute Gasteiger partial charge is 0.492 e. The lowest BCUT2D eigenvalue weighted by molar-refractivity contribution is -0.689. The van der Waals surface area contributed by atoms with Gasteiger partial charge in [-0.25, -0.2) is 0 Å². The van der Waals surface area contributed by atoms with Crippen LogP contribution in [0.4, 0.5) is 5.69 Å². The number of nitrogens with zero attached hydrogens (tertiary/aromatic N) is 1. The van der Waals surface area contributed by atoms with Crippen molar-refractivity contribution in [1.29, 1.82) is 0 Å². The van der Waals surface area contributed by atoms with Crippen LogP contribution < -0.4 is 14.6 Å². The Bertz CT molecular complexity index is 1130. The van der Waals surface area contributed by atoms with Gasteiger partial charge in [0, 0.05) is 12.5 Å². The number of nitrogens with one attached hydrogen (secondary N) is 1. The van der Waals surface area contributed by atoms with E-state index in [2.05, 4.69) is 41.4 Å². The van der Waals surface area contributed by atoms with Crippen LogP contribution in [0, 0.1) is 6.92 Å². The van der Waals surface area contributed by atoms with Gasteiger partial charge in [-0.2, -0.15) is 4.57 Å². The summed E-state index contributed by atoms with van der Waals surface area (Å²) in [6.45, 7) is 5.77. The van der Waals surface area contributed by atoms with Crippen LogP contribution in [0.3, 0.4) is 0 Å². The van der Waals surface area contributed by atoms with E-state index in [0.29, 0.717) is 17.4 Å². The van der Waals surface area contributed by atoms with Gasteiger partial charge in [0.15, 0.2) is 12.7 Å². The minimum Gasteiger partial charge on any atom is -0.492 e. The molecule has 2 aromatic carbocycles. The van der Waals surface area contributed by atoms with Crippen LogP contribution in [0.25, 0.3) is 0 Å². The summed E-state index contributed by atoms with van der Waals surface area (Å²) in [4.78, 5) is 12.8. The summed E-state index contributed by atoms with van der Waals surface area (Å²) in [6, 6.07) is 13.6. The number of aryl methyl sites for hydroxylation is 1. The molecule has 1 amide bonds. The second-order valence-electron chi connectivity index (χ2n) is 10.4. The van der Waals surface area contributed by atoms with E-state index < -0.39 is 0 Å². The van der Waals surface area contributed by atoms with E-state index in [1.54, 1.807) is 11.3 Å². The van der Waals surface area contributed by atoms with Gasteiger partial charge in [-0.05, 0) is 30.2 Å². The molecular formula is C33H46ClN2O2S+. The van der Waals surface area contributed by atoms with Crippen molar-refractivity contribution in [2.45, 2.75) is 104 Å². The maximum atomic E-state index is 12.8. The number of benzene rings is 2. The summed E-state index contributed by atoms with van der Waals surface area (Å²) in [5.74, 6) is 0.633. The van der Waals surface area contributed by atoms with E-state index in [1.807, 2.05) is 36.4 Å². The van der Waals surface area contributed by atoms with Crippen LogP contribution in [0.2, 0.25) is 5.02 Å². The van der Waals surface area contributed by atoms with Gasteiger partial charge in [0.05, 0.1) is 29.1 Å². The van der Waals surface area contributed by atoms with Gasteiger partial charge in [-0.3, -0.25) is 4.79 Å². The topological polar surface area (TPSA) is 42.2 Å². The monoisotopic (exact) mass is 569 g/mol. The van der Waals surface area contributed by atoms with Gasteiger partial charge in [0.1, 0.15) is 5.75 Å². The number of aromatic nitrogens is 1. The molecule has 0 radical (unpaired) electrons. The van der Waals surface area contributed by atoms with Gasteiger partial charge in [-0.1, -0.05) is 125 Å². The maximum Gasteiger partial charge on any atom is 0.234 e. The fraction of sp³-hybridized carbons (Fsp3) is 0.515. The second kappa shape index (κ2) is 18.1. The van der Waals surface area contributed by atoms with Gasteiger partial charge in [0.25, 0.3) is 0 Å². The third-order valence-corrected chi connectivity index (χ3v) is 8.26. The molecule has 1 heterocycles. The zero-order valence-electron chi connectivity index (χ0n) is 23.9. The molecule has 39 heavy (non-hydrogen) atoms. The Labute approximate surface area is 244 Å². The number of anilines is 1. The van der Waals surface area contributed by atoms with E-state index >= 15 is 0 Å². The van der Waals surface area contributed by atoms with Crippen molar-refractivity contribution in [3.8, 4) is 5.75 Å². The minimum absolute atomic E-state index is 0.0595. The van der Waals surface area contributed by atoms with Crippen molar-refractivity contribution in [1.82, 2.24) is 0 Å². The number of para-hydroxylation sites is 1. The summed E-state index contributed by atoms with van der Waals surface area (Å²) in [7, 11) is 0. The molecule has 4 nitrogen and oxygen atoms in total. The molecule has 0 aliphatic heterocycles. The molecule has 0 unspecified atom stereocenters. The van der Waals surface area contributed by atoms with E-state index in [-0.39, 0.29) is 12.3 Å². The first-order chi connectivity index (χ1) is 19.1. The highest BCUT2D eigenvalue weighted by atomic mass is 35.5. The fourth-order valence-electron chi connectivity index (χ4n) is 4.78. The molecule has 0 saturated carbocycles.